The molecule has 0 aliphatic carbocycles. The van der Waals surface area contributed by atoms with Crippen LogP contribution in [-0.4, -0.2) is 37.5 Å². The van der Waals surface area contributed by atoms with Gasteiger partial charge in [0.05, 0.1) is 35.1 Å². The Morgan fingerprint density at radius 1 is 1.11 bits per heavy atom. The fraction of sp³-hybridized carbons (Fsp3) is 0.321. The van der Waals surface area contributed by atoms with Gasteiger partial charge in [0.2, 0.25) is 0 Å². The second kappa shape index (κ2) is 12.4. The van der Waals surface area contributed by atoms with Gasteiger partial charge >= 0.3 is 5.97 Å². The Balaban J connectivity index is 1.75. The first-order valence-corrected chi connectivity index (χ1v) is 13.3. The fourth-order valence-corrected chi connectivity index (χ4v) is 5.16. The third-order valence-electron chi connectivity index (χ3n) is 5.89. The predicted octanol–water partition coefficient (Wildman–Crippen LogP) is 4.26. The molecule has 0 radical (unpaired) electrons. The summed E-state index contributed by atoms with van der Waals surface area (Å²) in [4.78, 5) is 31.9. The second-order valence-electron chi connectivity index (χ2n) is 8.53. The van der Waals surface area contributed by atoms with Crippen molar-refractivity contribution in [1.29, 1.82) is 0 Å². The largest absolute Gasteiger partial charge is 0.494 e. The molecule has 4 rings (SSSR count). The summed E-state index contributed by atoms with van der Waals surface area (Å²) < 4.78 is 18.2. The number of nitrogens with zero attached hydrogens (tertiary/aromatic N) is 2. The molecule has 1 atom stereocenters. The van der Waals surface area contributed by atoms with E-state index in [9.17, 15) is 9.59 Å². The number of hydrogen-bond acceptors (Lipinski definition) is 7. The number of unbranched alkanes of at least 4 members (excludes halogenated alkanes) is 1. The molecule has 0 N–H and O–H groups in total. The number of carbonyl (C=O) groups is 1. The summed E-state index contributed by atoms with van der Waals surface area (Å²) in [7, 11) is 1.53. The molecule has 3 aromatic rings. The Morgan fingerprint density at radius 2 is 1.84 bits per heavy atom. The van der Waals surface area contributed by atoms with Gasteiger partial charge in [0.25, 0.3) is 5.56 Å². The van der Waals surface area contributed by atoms with Crippen molar-refractivity contribution in [2.24, 2.45) is 4.99 Å². The van der Waals surface area contributed by atoms with Gasteiger partial charge in [-0.15, -0.1) is 0 Å². The van der Waals surface area contributed by atoms with Crippen molar-refractivity contribution in [3.8, 4) is 5.75 Å². The molecule has 2 heterocycles. The van der Waals surface area contributed by atoms with Gasteiger partial charge in [-0.25, -0.2) is 9.79 Å². The minimum atomic E-state index is -0.694. The minimum Gasteiger partial charge on any atom is -0.494 e. The lowest BCUT2D eigenvalue weighted by Crippen LogP contribution is -2.40. The van der Waals surface area contributed by atoms with Crippen LogP contribution in [-0.2, 0) is 14.3 Å². The average Bonchev–Trinajstić information content (AvgIpc) is 3.19. The molecule has 37 heavy (non-hydrogen) atoms. The maximum atomic E-state index is 13.7. The summed E-state index contributed by atoms with van der Waals surface area (Å²) in [5.41, 5.74) is 2.18. The summed E-state index contributed by atoms with van der Waals surface area (Å²) in [6.45, 7) is 4.92. The topological polar surface area (TPSA) is 79.1 Å². The van der Waals surface area contributed by atoms with E-state index in [4.69, 9.17) is 25.8 Å². The fourth-order valence-electron chi connectivity index (χ4n) is 3.98. The van der Waals surface area contributed by atoms with Gasteiger partial charge in [-0.3, -0.25) is 9.36 Å². The zero-order chi connectivity index (χ0) is 26.4. The highest BCUT2D eigenvalue weighted by Gasteiger charge is 2.33. The first-order valence-electron chi connectivity index (χ1n) is 12.1. The number of hydrogen-bond donors (Lipinski definition) is 0. The van der Waals surface area contributed by atoms with Crippen LogP contribution in [0.25, 0.3) is 6.08 Å². The first-order chi connectivity index (χ1) is 17.9. The smallest absolute Gasteiger partial charge is 0.338 e. The van der Waals surface area contributed by atoms with E-state index in [-0.39, 0.29) is 18.8 Å². The van der Waals surface area contributed by atoms with E-state index in [0.717, 1.165) is 29.7 Å². The van der Waals surface area contributed by atoms with Gasteiger partial charge in [-0.2, -0.15) is 0 Å². The molecule has 1 aromatic heterocycles. The van der Waals surface area contributed by atoms with Crippen LogP contribution in [0.15, 0.2) is 69.6 Å². The quantitative estimate of drug-likeness (QED) is 0.284. The summed E-state index contributed by atoms with van der Waals surface area (Å²) in [6, 6.07) is 14.0. The van der Waals surface area contributed by atoms with E-state index in [1.54, 1.807) is 23.6 Å². The van der Waals surface area contributed by atoms with Crippen molar-refractivity contribution in [3.63, 3.8) is 0 Å². The van der Waals surface area contributed by atoms with Crippen molar-refractivity contribution >= 4 is 35.0 Å². The van der Waals surface area contributed by atoms with Crippen molar-refractivity contribution in [1.82, 2.24) is 4.57 Å². The Hall–Kier alpha value is -3.20. The molecule has 1 aliphatic rings. The minimum absolute atomic E-state index is 0.0992. The number of aromatic nitrogens is 1. The Morgan fingerprint density at radius 3 is 2.51 bits per heavy atom. The Bertz CT molecular complexity index is 1460. The van der Waals surface area contributed by atoms with Crippen LogP contribution < -0.4 is 19.6 Å². The normalized spacial score (nSPS) is 15.4. The highest BCUT2D eigenvalue weighted by Crippen LogP contribution is 2.31. The highest BCUT2D eigenvalue weighted by atomic mass is 35.5. The van der Waals surface area contributed by atoms with Crippen molar-refractivity contribution < 1.29 is 19.0 Å². The molecule has 0 bridgehead atoms. The summed E-state index contributed by atoms with van der Waals surface area (Å²) in [6.07, 6.45) is 3.90. The van der Waals surface area contributed by atoms with Crippen molar-refractivity contribution in [2.45, 2.75) is 32.7 Å². The SMILES string of the molecule is CCCCOc1ccc(C=c2sc3n(c2=O)C(c2ccc(Cl)cc2)C(C(=O)OCCOC)=C(C)N=3)cc1. The van der Waals surface area contributed by atoms with Gasteiger partial charge in [0.1, 0.15) is 12.4 Å². The standard InChI is InChI=1S/C28H29ClN2O5S/c1-4-5-14-35-22-12-6-19(7-13-22)17-23-26(32)31-25(20-8-10-21(29)11-9-20)24(18(2)30-28(31)37-23)27(33)36-16-15-34-3/h6-13,17,25H,4-5,14-16H2,1-3H3. The third-order valence-corrected chi connectivity index (χ3v) is 7.13. The number of methoxy groups -OCH3 is 1. The molecule has 0 fully saturated rings. The zero-order valence-electron chi connectivity index (χ0n) is 21.0. The lowest BCUT2D eigenvalue weighted by Gasteiger charge is -2.24. The monoisotopic (exact) mass is 540 g/mol. The van der Waals surface area contributed by atoms with Crippen molar-refractivity contribution in [3.05, 3.63) is 95.6 Å². The van der Waals surface area contributed by atoms with E-state index in [1.807, 2.05) is 42.5 Å². The number of allylic oxidation sites excluding steroid dienone is 1. The van der Waals surface area contributed by atoms with Crippen LogP contribution in [0.2, 0.25) is 5.02 Å². The van der Waals surface area contributed by atoms with Gasteiger partial charge in [-0.05, 0) is 54.8 Å². The van der Waals surface area contributed by atoms with Gasteiger partial charge in [0, 0.05) is 12.1 Å². The van der Waals surface area contributed by atoms with Crippen molar-refractivity contribution in [2.75, 3.05) is 26.9 Å². The summed E-state index contributed by atoms with van der Waals surface area (Å²) >= 11 is 7.40. The summed E-state index contributed by atoms with van der Waals surface area (Å²) in [5, 5.41) is 0.559. The van der Waals surface area contributed by atoms with Crippen LogP contribution in [0, 0.1) is 0 Å². The first kappa shape index (κ1) is 26.9. The van der Waals surface area contributed by atoms with Crippen LogP contribution in [0.5, 0.6) is 5.75 Å². The molecule has 7 nitrogen and oxygen atoms in total. The molecule has 9 heteroatoms. The maximum absolute atomic E-state index is 13.7. The number of benzene rings is 2. The molecule has 0 saturated carbocycles. The number of carbonyl (C=O) groups excluding carboxylic acids is 1. The van der Waals surface area contributed by atoms with Crippen LogP contribution in [0.1, 0.15) is 43.9 Å². The molecule has 1 aliphatic heterocycles. The van der Waals surface area contributed by atoms with E-state index < -0.39 is 12.0 Å². The number of rotatable bonds is 10. The van der Waals surface area contributed by atoms with Gasteiger partial charge in [0.15, 0.2) is 4.80 Å². The molecule has 0 amide bonds. The van der Waals surface area contributed by atoms with E-state index in [2.05, 4.69) is 11.9 Å². The van der Waals surface area contributed by atoms with Gasteiger partial charge < -0.3 is 14.2 Å². The lowest BCUT2D eigenvalue weighted by atomic mass is 9.96. The number of halogens is 1. The maximum Gasteiger partial charge on any atom is 0.338 e. The van der Waals surface area contributed by atoms with Crippen LogP contribution in [0.4, 0.5) is 0 Å². The summed E-state index contributed by atoms with van der Waals surface area (Å²) in [5.74, 6) is 0.258. The molecular formula is C28H29ClN2O5S. The van der Waals surface area contributed by atoms with Crippen LogP contribution >= 0.6 is 22.9 Å². The Kier molecular flexibility index (Phi) is 8.97. The predicted molar refractivity (Wildman–Crippen MR) is 145 cm³/mol. The highest BCUT2D eigenvalue weighted by molar-refractivity contribution is 7.07. The number of ether oxygens (including phenoxy) is 3. The molecule has 0 saturated heterocycles. The lowest BCUT2D eigenvalue weighted by molar-refractivity contribution is -0.140. The van der Waals surface area contributed by atoms with E-state index in [1.165, 1.54) is 18.4 Å². The number of thiazole rings is 1. The molecule has 2 aromatic carbocycles. The van der Waals surface area contributed by atoms with E-state index in [0.29, 0.717) is 32.2 Å². The molecular weight excluding hydrogens is 512 g/mol. The molecule has 194 valence electrons. The number of esters is 1. The molecule has 0 spiro atoms. The average molecular weight is 541 g/mol. The second-order valence-corrected chi connectivity index (χ2v) is 9.98. The third kappa shape index (κ3) is 6.21. The number of fused-ring (bicyclic) bond motifs is 1. The zero-order valence-corrected chi connectivity index (χ0v) is 22.6. The Labute approximate surface area is 224 Å². The van der Waals surface area contributed by atoms with E-state index >= 15 is 0 Å². The molecule has 1 unspecified atom stereocenters. The van der Waals surface area contributed by atoms with Crippen LogP contribution in [0.3, 0.4) is 0 Å². The van der Waals surface area contributed by atoms with Gasteiger partial charge in [-0.1, -0.05) is 60.5 Å².